The van der Waals surface area contributed by atoms with Crippen LogP contribution < -0.4 is 0 Å². The second kappa shape index (κ2) is 8.69. The summed E-state index contributed by atoms with van der Waals surface area (Å²) >= 11 is 0. The first-order chi connectivity index (χ1) is 23.1. The first-order valence-corrected chi connectivity index (χ1v) is 16.4. The molecule has 2 heteroatoms. The maximum atomic E-state index is 6.67. The number of hydrogen-bond donors (Lipinski definition) is 0. The van der Waals surface area contributed by atoms with Crippen molar-refractivity contribution in [1.82, 2.24) is 4.57 Å². The number of furan rings is 1. The topological polar surface area (TPSA) is 18.1 Å². The lowest BCUT2D eigenvalue weighted by Crippen LogP contribution is -2.14. The van der Waals surface area contributed by atoms with E-state index < -0.39 is 0 Å². The van der Waals surface area contributed by atoms with E-state index in [2.05, 4.69) is 158 Å². The van der Waals surface area contributed by atoms with Crippen LogP contribution in [0.1, 0.15) is 25.0 Å². The van der Waals surface area contributed by atoms with Crippen molar-refractivity contribution < 1.29 is 4.42 Å². The third-order valence-corrected chi connectivity index (χ3v) is 11.0. The number of rotatable bonds is 2. The zero-order valence-corrected chi connectivity index (χ0v) is 26.1. The lowest BCUT2D eigenvalue weighted by molar-refractivity contribution is 0.661. The third-order valence-electron chi connectivity index (χ3n) is 11.0. The maximum absolute atomic E-state index is 6.67. The van der Waals surface area contributed by atoms with Gasteiger partial charge in [0.15, 0.2) is 0 Å². The fraction of sp³-hybridized carbons (Fsp3) is 0.0667. The van der Waals surface area contributed by atoms with Crippen LogP contribution in [-0.4, -0.2) is 4.57 Å². The predicted molar refractivity (Wildman–Crippen MR) is 197 cm³/mol. The van der Waals surface area contributed by atoms with E-state index in [1.807, 2.05) is 0 Å². The fourth-order valence-electron chi connectivity index (χ4n) is 8.78. The molecule has 2 heterocycles. The largest absolute Gasteiger partial charge is 0.455 e. The van der Waals surface area contributed by atoms with E-state index in [9.17, 15) is 0 Å². The molecule has 0 bridgehead atoms. The Morgan fingerprint density at radius 2 is 1.17 bits per heavy atom. The van der Waals surface area contributed by atoms with Gasteiger partial charge in [-0.1, -0.05) is 111 Å². The predicted octanol–water partition coefficient (Wildman–Crippen LogP) is 12.4. The second-order valence-electron chi connectivity index (χ2n) is 13.7. The van der Waals surface area contributed by atoms with E-state index in [0.29, 0.717) is 0 Å². The molecule has 0 spiro atoms. The molecule has 0 saturated heterocycles. The molecule has 47 heavy (non-hydrogen) atoms. The van der Waals surface area contributed by atoms with Crippen LogP contribution in [0, 0.1) is 0 Å². The molecule has 0 aliphatic heterocycles. The average Bonchev–Trinajstić information content (AvgIpc) is 3.74. The van der Waals surface area contributed by atoms with E-state index in [4.69, 9.17) is 4.42 Å². The van der Waals surface area contributed by atoms with Gasteiger partial charge < -0.3 is 8.98 Å². The quantitative estimate of drug-likeness (QED) is 0.181. The Kier molecular flexibility index (Phi) is 4.68. The van der Waals surface area contributed by atoms with Crippen molar-refractivity contribution in [3.8, 4) is 27.9 Å². The summed E-state index contributed by atoms with van der Waals surface area (Å²) in [7, 11) is 0. The van der Waals surface area contributed by atoms with E-state index >= 15 is 0 Å². The molecular weight excluding hydrogens is 571 g/mol. The summed E-state index contributed by atoms with van der Waals surface area (Å²) in [6.45, 7) is 4.71. The minimum absolute atomic E-state index is 0.0572. The van der Waals surface area contributed by atoms with E-state index in [-0.39, 0.29) is 5.41 Å². The Morgan fingerprint density at radius 1 is 0.468 bits per heavy atom. The lowest BCUT2D eigenvalue weighted by Gasteiger charge is -2.21. The molecule has 11 rings (SSSR count). The van der Waals surface area contributed by atoms with Crippen LogP contribution in [0.5, 0.6) is 0 Å². The van der Waals surface area contributed by atoms with Crippen molar-refractivity contribution in [2.45, 2.75) is 19.3 Å². The fourth-order valence-corrected chi connectivity index (χ4v) is 8.78. The molecule has 10 aromatic rings. The summed E-state index contributed by atoms with van der Waals surface area (Å²) in [4.78, 5) is 0. The second-order valence-corrected chi connectivity index (χ2v) is 13.7. The number of hydrogen-bond acceptors (Lipinski definition) is 1. The standard InChI is InChI=1S/C45H29NO/c1-45(2)37-15-7-5-12-31(37)35-24-36-32-13-6-8-16-39(32)46(40(36)25-38(35)45)27-20-18-26(19-21-27)28-22-23-34-30-11-4-3-10-29(30)33-14-9-17-41-42(33)43(34)44(28)47-41/h3-25H,1-2H3. The van der Waals surface area contributed by atoms with Gasteiger partial charge in [-0.15, -0.1) is 0 Å². The number of para-hydroxylation sites is 1. The summed E-state index contributed by atoms with van der Waals surface area (Å²) < 4.78 is 9.11. The molecule has 220 valence electrons. The molecule has 0 saturated carbocycles. The van der Waals surface area contributed by atoms with Crippen LogP contribution in [0.15, 0.2) is 144 Å². The van der Waals surface area contributed by atoms with Gasteiger partial charge in [0.2, 0.25) is 0 Å². The first kappa shape index (κ1) is 25.3. The molecule has 0 atom stereocenters. The molecule has 0 amide bonds. The third kappa shape index (κ3) is 3.15. The summed E-state index contributed by atoms with van der Waals surface area (Å²) in [5, 5.41) is 10.0. The van der Waals surface area contributed by atoms with Crippen LogP contribution in [0.3, 0.4) is 0 Å². The molecule has 0 fully saturated rings. The Labute approximate surface area is 271 Å². The van der Waals surface area contributed by atoms with Gasteiger partial charge in [-0.3, -0.25) is 0 Å². The van der Waals surface area contributed by atoms with Crippen LogP contribution in [0.4, 0.5) is 0 Å². The van der Waals surface area contributed by atoms with Crippen molar-refractivity contribution in [2.75, 3.05) is 0 Å². The number of fused-ring (bicyclic) bond motifs is 9. The smallest absolute Gasteiger partial charge is 0.143 e. The van der Waals surface area contributed by atoms with Gasteiger partial charge in [0.1, 0.15) is 11.2 Å². The summed E-state index contributed by atoms with van der Waals surface area (Å²) in [5.41, 5.74) is 13.3. The first-order valence-electron chi connectivity index (χ1n) is 16.4. The SMILES string of the molecule is CC1(C)c2ccccc2-c2cc3c4ccccc4n(-c4ccc(-c5ccc6c7ccccc7c7cccc8oc5c6c87)cc4)c3cc21. The zero-order chi connectivity index (χ0) is 31.0. The minimum Gasteiger partial charge on any atom is -0.455 e. The Balaban J connectivity index is 1.12. The van der Waals surface area contributed by atoms with Gasteiger partial charge in [-0.05, 0) is 91.8 Å². The van der Waals surface area contributed by atoms with Crippen molar-refractivity contribution in [1.29, 1.82) is 0 Å². The molecule has 2 aromatic heterocycles. The summed E-state index contributed by atoms with van der Waals surface area (Å²) in [6, 6.07) is 51.3. The van der Waals surface area contributed by atoms with Crippen LogP contribution in [-0.2, 0) is 5.41 Å². The van der Waals surface area contributed by atoms with Crippen molar-refractivity contribution in [3.05, 3.63) is 151 Å². The molecule has 0 radical (unpaired) electrons. The highest BCUT2D eigenvalue weighted by atomic mass is 16.3. The summed E-state index contributed by atoms with van der Waals surface area (Å²) in [5.74, 6) is 0. The molecule has 8 aromatic carbocycles. The van der Waals surface area contributed by atoms with Gasteiger partial charge in [-0.25, -0.2) is 0 Å². The molecular formula is C45H29NO. The molecule has 2 nitrogen and oxygen atoms in total. The van der Waals surface area contributed by atoms with Crippen LogP contribution >= 0.6 is 0 Å². The monoisotopic (exact) mass is 599 g/mol. The normalized spacial score (nSPS) is 13.9. The molecule has 1 aliphatic rings. The van der Waals surface area contributed by atoms with Crippen molar-refractivity contribution >= 4 is 65.3 Å². The van der Waals surface area contributed by atoms with Crippen molar-refractivity contribution in [2.24, 2.45) is 0 Å². The average molecular weight is 600 g/mol. The van der Waals surface area contributed by atoms with E-state index in [0.717, 1.165) is 28.0 Å². The van der Waals surface area contributed by atoms with E-state index in [1.54, 1.807) is 0 Å². The Morgan fingerprint density at radius 3 is 2.00 bits per heavy atom. The highest BCUT2D eigenvalue weighted by Crippen LogP contribution is 2.51. The molecule has 0 N–H and O–H groups in total. The van der Waals surface area contributed by atoms with Crippen molar-refractivity contribution in [3.63, 3.8) is 0 Å². The highest BCUT2D eigenvalue weighted by Gasteiger charge is 2.36. The Bertz CT molecular complexity index is 2920. The highest BCUT2D eigenvalue weighted by molar-refractivity contribution is 6.34. The summed E-state index contributed by atoms with van der Waals surface area (Å²) in [6.07, 6.45) is 0. The molecule has 1 aliphatic carbocycles. The minimum atomic E-state index is -0.0572. The Hall–Kier alpha value is -5.86. The van der Waals surface area contributed by atoms with Gasteiger partial charge in [0.25, 0.3) is 0 Å². The van der Waals surface area contributed by atoms with Crippen LogP contribution in [0.2, 0.25) is 0 Å². The van der Waals surface area contributed by atoms with E-state index in [1.165, 1.54) is 76.4 Å². The van der Waals surface area contributed by atoms with Gasteiger partial charge in [-0.2, -0.15) is 0 Å². The van der Waals surface area contributed by atoms with Crippen LogP contribution in [0.25, 0.3) is 93.2 Å². The van der Waals surface area contributed by atoms with Gasteiger partial charge >= 0.3 is 0 Å². The van der Waals surface area contributed by atoms with Gasteiger partial charge in [0, 0.05) is 38.2 Å². The maximum Gasteiger partial charge on any atom is 0.143 e. The lowest BCUT2D eigenvalue weighted by atomic mass is 9.82. The van der Waals surface area contributed by atoms with Gasteiger partial charge in [0.05, 0.1) is 11.0 Å². The number of aromatic nitrogens is 1. The number of benzene rings is 8. The molecule has 0 unspecified atom stereocenters. The number of nitrogens with zero attached hydrogens (tertiary/aromatic N) is 1. The zero-order valence-electron chi connectivity index (χ0n) is 26.1.